The minimum Gasteiger partial charge on any atom is -0.508 e. The highest BCUT2D eigenvalue weighted by Gasteiger charge is 2.30. The van der Waals surface area contributed by atoms with E-state index in [0.29, 0.717) is 35.5 Å². The number of halogens is 3. The highest BCUT2D eigenvalue weighted by Crippen LogP contribution is 2.29. The van der Waals surface area contributed by atoms with Crippen molar-refractivity contribution in [2.45, 2.75) is 12.6 Å². The fourth-order valence-corrected chi connectivity index (χ4v) is 2.51. The van der Waals surface area contributed by atoms with E-state index in [0.717, 1.165) is 12.1 Å². The summed E-state index contributed by atoms with van der Waals surface area (Å²) in [4.78, 5) is 16.5. The average Bonchev–Trinajstić information content (AvgIpc) is 2.62. The molecule has 4 nitrogen and oxygen atoms in total. The zero-order valence-electron chi connectivity index (χ0n) is 13.5. The number of aromatic hydroxyl groups is 1. The van der Waals surface area contributed by atoms with Gasteiger partial charge in [-0.3, -0.25) is 9.79 Å². The number of allylic oxidation sites excluding steroid dienone is 1. The van der Waals surface area contributed by atoms with E-state index in [1.807, 2.05) is 0 Å². The second kappa shape index (κ2) is 7.03. The van der Waals surface area contributed by atoms with Crippen molar-refractivity contribution in [1.82, 2.24) is 5.32 Å². The van der Waals surface area contributed by atoms with Crippen molar-refractivity contribution < 1.29 is 23.1 Å². The summed E-state index contributed by atoms with van der Waals surface area (Å²) in [6.07, 6.45) is -2.20. The van der Waals surface area contributed by atoms with Gasteiger partial charge in [0.15, 0.2) is 0 Å². The fourth-order valence-electron chi connectivity index (χ4n) is 2.51. The molecule has 1 aliphatic heterocycles. The zero-order chi connectivity index (χ0) is 18.7. The number of dihydropyridines is 1. The third kappa shape index (κ3) is 4.11. The Morgan fingerprint density at radius 2 is 1.69 bits per heavy atom. The molecule has 3 rings (SSSR count). The number of amides is 1. The molecule has 0 saturated carbocycles. The smallest absolute Gasteiger partial charge is 0.416 e. The van der Waals surface area contributed by atoms with Gasteiger partial charge in [0.1, 0.15) is 5.75 Å². The first-order valence-electron chi connectivity index (χ1n) is 7.86. The Labute approximate surface area is 147 Å². The first-order valence-corrected chi connectivity index (χ1v) is 7.86. The number of hydrogen-bond donors (Lipinski definition) is 2. The number of carbonyl (C=O) groups is 1. The SMILES string of the molecule is O=C(NC1=CC(c2ccc(C(F)(F)F)cc2)=NCC1)c1ccc(O)cc1. The maximum Gasteiger partial charge on any atom is 0.416 e. The topological polar surface area (TPSA) is 61.7 Å². The second-order valence-electron chi connectivity index (χ2n) is 5.76. The standard InChI is InChI=1S/C19H15F3N2O2/c20-19(21,22)14-5-1-12(2-6-14)17-11-15(9-10-23-17)24-18(26)13-3-7-16(25)8-4-13/h1-8,11,25H,9-10H2,(H,24,26). The largest absolute Gasteiger partial charge is 0.508 e. The van der Waals surface area contributed by atoms with Crippen molar-refractivity contribution in [3.05, 3.63) is 77.0 Å². The van der Waals surface area contributed by atoms with E-state index < -0.39 is 11.7 Å². The van der Waals surface area contributed by atoms with Crippen LogP contribution in [0, 0.1) is 0 Å². The molecule has 1 aliphatic rings. The van der Waals surface area contributed by atoms with Crippen molar-refractivity contribution in [2.75, 3.05) is 6.54 Å². The van der Waals surface area contributed by atoms with Gasteiger partial charge < -0.3 is 10.4 Å². The van der Waals surface area contributed by atoms with Crippen LogP contribution in [0.2, 0.25) is 0 Å². The van der Waals surface area contributed by atoms with E-state index in [4.69, 9.17) is 0 Å². The predicted molar refractivity (Wildman–Crippen MR) is 91.1 cm³/mol. The Bertz CT molecular complexity index is 867. The number of aliphatic imine (C=N–C) groups is 1. The summed E-state index contributed by atoms with van der Waals surface area (Å²) in [6.45, 7) is 0.429. The van der Waals surface area contributed by atoms with Gasteiger partial charge in [-0.1, -0.05) is 12.1 Å². The molecule has 1 amide bonds. The quantitative estimate of drug-likeness (QED) is 0.872. The van der Waals surface area contributed by atoms with Crippen molar-refractivity contribution in [2.24, 2.45) is 4.99 Å². The number of hydrogen-bond acceptors (Lipinski definition) is 3. The average molecular weight is 360 g/mol. The zero-order valence-corrected chi connectivity index (χ0v) is 13.5. The van der Waals surface area contributed by atoms with Crippen LogP contribution >= 0.6 is 0 Å². The van der Waals surface area contributed by atoms with Crippen LogP contribution in [0.4, 0.5) is 13.2 Å². The van der Waals surface area contributed by atoms with Crippen LogP contribution in [0.25, 0.3) is 0 Å². The van der Waals surface area contributed by atoms with Crippen molar-refractivity contribution >= 4 is 11.6 Å². The van der Waals surface area contributed by atoms with E-state index in [1.165, 1.54) is 36.4 Å². The number of carbonyl (C=O) groups excluding carboxylic acids is 1. The number of benzene rings is 2. The Morgan fingerprint density at radius 3 is 2.31 bits per heavy atom. The molecule has 26 heavy (non-hydrogen) atoms. The lowest BCUT2D eigenvalue weighted by molar-refractivity contribution is -0.137. The van der Waals surface area contributed by atoms with Crippen LogP contribution in [0.5, 0.6) is 5.75 Å². The first kappa shape index (κ1) is 17.7. The van der Waals surface area contributed by atoms with Gasteiger partial charge in [-0.15, -0.1) is 0 Å². The second-order valence-corrected chi connectivity index (χ2v) is 5.76. The highest BCUT2D eigenvalue weighted by molar-refractivity contribution is 6.10. The number of alkyl halides is 3. The number of nitrogens with one attached hydrogen (secondary N) is 1. The van der Waals surface area contributed by atoms with E-state index in [2.05, 4.69) is 10.3 Å². The summed E-state index contributed by atoms with van der Waals surface area (Å²) in [5.41, 5.74) is 1.37. The molecule has 0 aromatic heterocycles. The summed E-state index contributed by atoms with van der Waals surface area (Å²) >= 11 is 0. The maximum atomic E-state index is 12.6. The van der Waals surface area contributed by atoms with Crippen molar-refractivity contribution in [3.63, 3.8) is 0 Å². The van der Waals surface area contributed by atoms with Crippen LogP contribution in [-0.2, 0) is 6.18 Å². The third-order valence-electron chi connectivity index (χ3n) is 3.89. The van der Waals surface area contributed by atoms with Gasteiger partial charge in [0.25, 0.3) is 5.91 Å². The van der Waals surface area contributed by atoms with Crippen molar-refractivity contribution in [1.29, 1.82) is 0 Å². The Morgan fingerprint density at radius 1 is 1.04 bits per heavy atom. The van der Waals surface area contributed by atoms with Gasteiger partial charge in [-0.25, -0.2) is 0 Å². The molecular weight excluding hydrogens is 345 g/mol. The Kier molecular flexibility index (Phi) is 4.79. The molecular formula is C19H15F3N2O2. The normalized spacial score (nSPS) is 14.4. The van der Waals surface area contributed by atoms with Crippen LogP contribution in [0.3, 0.4) is 0 Å². The van der Waals surface area contributed by atoms with Crippen LogP contribution in [0.15, 0.2) is 65.3 Å². The van der Waals surface area contributed by atoms with Gasteiger partial charge in [0.05, 0.1) is 11.3 Å². The Hall–Kier alpha value is -3.09. The summed E-state index contributed by atoms with van der Waals surface area (Å²) in [7, 11) is 0. The summed E-state index contributed by atoms with van der Waals surface area (Å²) in [5.74, 6) is -0.264. The highest BCUT2D eigenvalue weighted by atomic mass is 19.4. The molecule has 0 spiro atoms. The molecule has 134 valence electrons. The molecule has 7 heteroatoms. The molecule has 0 atom stereocenters. The minimum absolute atomic E-state index is 0.0650. The minimum atomic E-state index is -4.38. The summed E-state index contributed by atoms with van der Waals surface area (Å²) < 4.78 is 37.9. The number of phenolic OH excluding ortho intramolecular Hbond substituents is 1. The molecule has 2 aromatic carbocycles. The molecule has 1 heterocycles. The van der Waals surface area contributed by atoms with Gasteiger partial charge in [0, 0.05) is 24.2 Å². The van der Waals surface area contributed by atoms with Crippen LogP contribution < -0.4 is 5.32 Å². The number of nitrogens with zero attached hydrogens (tertiary/aromatic N) is 1. The molecule has 0 radical (unpaired) electrons. The van der Waals surface area contributed by atoms with Crippen LogP contribution in [0.1, 0.15) is 27.9 Å². The third-order valence-corrected chi connectivity index (χ3v) is 3.89. The van der Waals surface area contributed by atoms with E-state index in [9.17, 15) is 23.1 Å². The molecule has 0 aliphatic carbocycles. The van der Waals surface area contributed by atoms with Gasteiger partial charge >= 0.3 is 6.18 Å². The van der Waals surface area contributed by atoms with Gasteiger partial charge in [0.2, 0.25) is 0 Å². The summed E-state index contributed by atoms with van der Waals surface area (Å²) in [6, 6.07) is 10.6. The lowest BCUT2D eigenvalue weighted by Gasteiger charge is -2.15. The number of rotatable bonds is 3. The van der Waals surface area contributed by atoms with Gasteiger partial charge in [-0.05, 0) is 48.0 Å². The van der Waals surface area contributed by atoms with E-state index in [-0.39, 0.29) is 11.7 Å². The molecule has 0 unspecified atom stereocenters. The number of phenols is 1. The molecule has 0 bridgehead atoms. The molecule has 0 fully saturated rings. The molecule has 2 aromatic rings. The molecule has 0 saturated heterocycles. The lowest BCUT2D eigenvalue weighted by atomic mass is 10.0. The first-order chi connectivity index (χ1) is 12.3. The Balaban J connectivity index is 1.74. The summed E-state index contributed by atoms with van der Waals surface area (Å²) in [5, 5.41) is 12.0. The van der Waals surface area contributed by atoms with E-state index >= 15 is 0 Å². The predicted octanol–water partition coefficient (Wildman–Crippen LogP) is 3.92. The van der Waals surface area contributed by atoms with E-state index in [1.54, 1.807) is 6.08 Å². The monoisotopic (exact) mass is 360 g/mol. The van der Waals surface area contributed by atoms with Crippen molar-refractivity contribution in [3.8, 4) is 5.75 Å². The van der Waals surface area contributed by atoms with Crippen LogP contribution in [-0.4, -0.2) is 23.3 Å². The van der Waals surface area contributed by atoms with Gasteiger partial charge in [-0.2, -0.15) is 13.2 Å². The lowest BCUT2D eigenvalue weighted by Crippen LogP contribution is -2.25. The molecule has 2 N–H and O–H groups in total. The fraction of sp³-hybridized carbons (Fsp3) is 0.158. The maximum absolute atomic E-state index is 12.6.